The Balaban J connectivity index is 1.65. The minimum absolute atomic E-state index is 0.0293. The van der Waals surface area contributed by atoms with Gasteiger partial charge in [0.05, 0.1) is 33.3 Å². The van der Waals surface area contributed by atoms with Gasteiger partial charge in [0.2, 0.25) is 5.91 Å². The van der Waals surface area contributed by atoms with Gasteiger partial charge in [0.1, 0.15) is 0 Å². The van der Waals surface area contributed by atoms with E-state index in [1.54, 1.807) is 23.3 Å². The molecule has 1 unspecified atom stereocenters. The van der Waals surface area contributed by atoms with Crippen molar-refractivity contribution in [1.82, 2.24) is 9.88 Å². The first kappa shape index (κ1) is 18.3. The molecule has 136 valence electrons. The molecule has 1 aromatic heterocycles. The molecule has 6 nitrogen and oxygen atoms in total. The second kappa shape index (κ2) is 7.80. The number of sulfone groups is 1. The van der Waals surface area contributed by atoms with Gasteiger partial charge in [0.25, 0.3) is 0 Å². The lowest BCUT2D eigenvalue weighted by Gasteiger charge is -2.28. The standard InChI is InChI=1S/C17H22N2O4S2/c1-23-10-9-19(13-8-11-25(21,22)12-13)17(20)7-6-16-18-14-4-2-3-5-15(14)24-16/h2-5,13H,6-12H2,1H3. The van der Waals surface area contributed by atoms with E-state index in [2.05, 4.69) is 4.98 Å². The predicted molar refractivity (Wildman–Crippen MR) is 98.6 cm³/mol. The lowest BCUT2D eigenvalue weighted by atomic mass is 10.2. The van der Waals surface area contributed by atoms with Gasteiger partial charge in [-0.15, -0.1) is 11.3 Å². The van der Waals surface area contributed by atoms with Gasteiger partial charge in [-0.05, 0) is 18.6 Å². The van der Waals surface area contributed by atoms with E-state index in [9.17, 15) is 13.2 Å². The normalized spacial score (nSPS) is 19.3. The molecule has 0 N–H and O–H groups in total. The summed E-state index contributed by atoms with van der Waals surface area (Å²) in [6.07, 6.45) is 1.42. The molecule has 2 aromatic rings. The fraction of sp³-hybridized carbons (Fsp3) is 0.529. The number of hydrogen-bond donors (Lipinski definition) is 0. The van der Waals surface area contributed by atoms with Crippen molar-refractivity contribution in [3.8, 4) is 0 Å². The van der Waals surface area contributed by atoms with Crippen LogP contribution in [0, 0.1) is 0 Å². The van der Waals surface area contributed by atoms with Crippen molar-refractivity contribution in [3.63, 3.8) is 0 Å². The van der Waals surface area contributed by atoms with Crippen LogP contribution in [0.5, 0.6) is 0 Å². The largest absolute Gasteiger partial charge is 0.383 e. The molecule has 1 aromatic carbocycles. The molecule has 3 rings (SSSR count). The quantitative estimate of drug-likeness (QED) is 0.731. The lowest BCUT2D eigenvalue weighted by molar-refractivity contribution is -0.133. The Hall–Kier alpha value is -1.51. The number of rotatable bonds is 7. The first-order chi connectivity index (χ1) is 12.0. The van der Waals surface area contributed by atoms with E-state index in [0.29, 0.717) is 32.4 Å². The molecular formula is C17H22N2O4S2. The van der Waals surface area contributed by atoms with Crippen LogP contribution in [0.15, 0.2) is 24.3 Å². The van der Waals surface area contributed by atoms with Gasteiger partial charge < -0.3 is 9.64 Å². The highest BCUT2D eigenvalue weighted by atomic mass is 32.2. The SMILES string of the molecule is COCCN(C(=O)CCc1nc2ccccc2s1)C1CCS(=O)(=O)C1. The maximum Gasteiger partial charge on any atom is 0.223 e. The molecule has 1 fully saturated rings. The average Bonchev–Trinajstić information content (AvgIpc) is 3.16. The Labute approximate surface area is 151 Å². The van der Waals surface area contributed by atoms with Gasteiger partial charge in [-0.3, -0.25) is 4.79 Å². The zero-order valence-electron chi connectivity index (χ0n) is 14.2. The summed E-state index contributed by atoms with van der Waals surface area (Å²) >= 11 is 1.60. The van der Waals surface area contributed by atoms with Crippen molar-refractivity contribution >= 4 is 37.3 Å². The van der Waals surface area contributed by atoms with Crippen LogP contribution in [0.25, 0.3) is 10.2 Å². The molecular weight excluding hydrogens is 360 g/mol. The molecule has 8 heteroatoms. The first-order valence-electron chi connectivity index (χ1n) is 8.32. The predicted octanol–water partition coefficient (Wildman–Crippen LogP) is 1.89. The average molecular weight is 383 g/mol. The second-order valence-electron chi connectivity index (χ2n) is 6.21. The van der Waals surface area contributed by atoms with Crippen LogP contribution in [0.3, 0.4) is 0 Å². The number of para-hydroxylation sites is 1. The molecule has 0 spiro atoms. The number of amides is 1. The van der Waals surface area contributed by atoms with Crippen LogP contribution < -0.4 is 0 Å². The number of hydrogen-bond acceptors (Lipinski definition) is 6. The van der Waals surface area contributed by atoms with Crippen LogP contribution in [-0.2, 0) is 25.8 Å². The molecule has 1 amide bonds. The summed E-state index contributed by atoms with van der Waals surface area (Å²) in [5.41, 5.74) is 0.952. The van der Waals surface area contributed by atoms with E-state index in [4.69, 9.17) is 4.74 Å². The number of fused-ring (bicyclic) bond motifs is 1. The summed E-state index contributed by atoms with van der Waals surface area (Å²) in [7, 11) is -1.45. The summed E-state index contributed by atoms with van der Waals surface area (Å²) in [5, 5.41) is 0.931. The molecule has 1 aliphatic heterocycles. The molecule has 1 atom stereocenters. The fourth-order valence-corrected chi connectivity index (χ4v) is 5.80. The van der Waals surface area contributed by atoms with Crippen LogP contribution in [-0.4, -0.2) is 62.0 Å². The van der Waals surface area contributed by atoms with Crippen molar-refractivity contribution in [1.29, 1.82) is 0 Å². The van der Waals surface area contributed by atoms with E-state index in [-0.39, 0.29) is 23.5 Å². The maximum absolute atomic E-state index is 12.7. The molecule has 25 heavy (non-hydrogen) atoms. The minimum atomic E-state index is -3.03. The van der Waals surface area contributed by atoms with Gasteiger partial charge in [-0.25, -0.2) is 13.4 Å². The van der Waals surface area contributed by atoms with Gasteiger partial charge in [0, 0.05) is 32.5 Å². The Kier molecular flexibility index (Phi) is 5.71. The zero-order chi connectivity index (χ0) is 17.9. The van der Waals surface area contributed by atoms with Crippen molar-refractivity contribution in [3.05, 3.63) is 29.3 Å². The van der Waals surface area contributed by atoms with Crippen molar-refractivity contribution in [2.45, 2.75) is 25.3 Å². The highest BCUT2D eigenvalue weighted by Crippen LogP contribution is 2.23. The number of ether oxygens (including phenoxy) is 1. The number of nitrogens with zero attached hydrogens (tertiary/aromatic N) is 2. The molecule has 0 aliphatic carbocycles. The van der Waals surface area contributed by atoms with Crippen LogP contribution in [0.4, 0.5) is 0 Å². The van der Waals surface area contributed by atoms with E-state index >= 15 is 0 Å². The smallest absolute Gasteiger partial charge is 0.223 e. The van der Waals surface area contributed by atoms with Crippen molar-refractivity contribution in [2.75, 3.05) is 31.8 Å². The summed E-state index contributed by atoms with van der Waals surface area (Å²) in [5.74, 6) is 0.189. The molecule has 0 bridgehead atoms. The van der Waals surface area contributed by atoms with Gasteiger partial charge in [-0.1, -0.05) is 12.1 Å². The Morgan fingerprint density at radius 1 is 1.40 bits per heavy atom. The second-order valence-corrected chi connectivity index (χ2v) is 9.56. The Morgan fingerprint density at radius 3 is 2.88 bits per heavy atom. The van der Waals surface area contributed by atoms with Crippen LogP contribution >= 0.6 is 11.3 Å². The van der Waals surface area contributed by atoms with E-state index in [1.807, 2.05) is 24.3 Å². The third-order valence-electron chi connectivity index (χ3n) is 4.40. The minimum Gasteiger partial charge on any atom is -0.383 e. The molecule has 2 heterocycles. The summed E-state index contributed by atoms with van der Waals surface area (Å²) in [6.45, 7) is 0.832. The van der Waals surface area contributed by atoms with E-state index < -0.39 is 9.84 Å². The molecule has 0 radical (unpaired) electrons. The third-order valence-corrected chi connectivity index (χ3v) is 7.24. The van der Waals surface area contributed by atoms with E-state index in [0.717, 1.165) is 15.2 Å². The van der Waals surface area contributed by atoms with Crippen LogP contribution in [0.1, 0.15) is 17.8 Å². The zero-order valence-corrected chi connectivity index (χ0v) is 15.8. The first-order valence-corrected chi connectivity index (χ1v) is 11.0. The topological polar surface area (TPSA) is 76.6 Å². The van der Waals surface area contributed by atoms with Gasteiger partial charge in [0.15, 0.2) is 9.84 Å². The Morgan fingerprint density at radius 2 is 2.20 bits per heavy atom. The molecule has 0 saturated carbocycles. The monoisotopic (exact) mass is 382 g/mol. The lowest BCUT2D eigenvalue weighted by Crippen LogP contribution is -2.43. The summed E-state index contributed by atoms with van der Waals surface area (Å²) in [6, 6.07) is 7.67. The highest BCUT2D eigenvalue weighted by molar-refractivity contribution is 7.91. The maximum atomic E-state index is 12.7. The number of aryl methyl sites for hydroxylation is 1. The number of carbonyl (C=O) groups is 1. The van der Waals surface area contributed by atoms with Crippen molar-refractivity contribution < 1.29 is 17.9 Å². The van der Waals surface area contributed by atoms with Crippen molar-refractivity contribution in [2.24, 2.45) is 0 Å². The molecule has 1 saturated heterocycles. The summed E-state index contributed by atoms with van der Waals surface area (Å²) in [4.78, 5) is 18.9. The van der Waals surface area contributed by atoms with E-state index in [1.165, 1.54) is 0 Å². The van der Waals surface area contributed by atoms with Gasteiger partial charge in [-0.2, -0.15) is 0 Å². The van der Waals surface area contributed by atoms with Crippen LogP contribution in [0.2, 0.25) is 0 Å². The fourth-order valence-electron chi connectivity index (χ4n) is 3.11. The third kappa shape index (κ3) is 4.56. The number of thiazole rings is 1. The summed E-state index contributed by atoms with van der Waals surface area (Å²) < 4.78 is 29.7. The van der Waals surface area contributed by atoms with Gasteiger partial charge >= 0.3 is 0 Å². The molecule has 1 aliphatic rings. The Bertz CT molecular complexity index is 814. The number of carbonyl (C=O) groups excluding carboxylic acids is 1. The number of methoxy groups -OCH3 is 1. The number of benzene rings is 1. The number of aromatic nitrogens is 1. The highest BCUT2D eigenvalue weighted by Gasteiger charge is 2.34.